The third-order valence-corrected chi connectivity index (χ3v) is 7.46. The van der Waals surface area contributed by atoms with Gasteiger partial charge in [0.05, 0.1) is 30.4 Å². The second kappa shape index (κ2) is 16.2. The molecule has 0 bridgehead atoms. The molecule has 43 heavy (non-hydrogen) atoms. The maximum absolute atomic E-state index is 14.2. The highest BCUT2D eigenvalue weighted by molar-refractivity contribution is 6.05. The number of likely N-dealkylation sites (N-methyl/N-ethyl adjacent to an activating group) is 1. The van der Waals surface area contributed by atoms with Gasteiger partial charge in [0.25, 0.3) is 11.8 Å². The Morgan fingerprint density at radius 3 is 2.53 bits per heavy atom. The SMILES string of the molecule is CC(C)NC(=O)N(C)C[C@H]1OCCCC[C@@H](C)Oc2ccc(NC(=O)c3ccncc3)cc2C(=O)N([C@@H](C)CO)C[C@H]1C. The topological polar surface area (TPSA) is 133 Å². The van der Waals surface area contributed by atoms with Gasteiger partial charge in [0.2, 0.25) is 0 Å². The van der Waals surface area contributed by atoms with Gasteiger partial charge in [0.15, 0.2) is 0 Å². The molecule has 4 amide bonds. The lowest BCUT2D eigenvalue weighted by Crippen LogP contribution is -2.49. The van der Waals surface area contributed by atoms with Crippen molar-refractivity contribution < 1.29 is 29.0 Å². The maximum atomic E-state index is 14.2. The second-order valence-electron chi connectivity index (χ2n) is 11.7. The summed E-state index contributed by atoms with van der Waals surface area (Å²) in [6.45, 7) is 10.4. The number of aromatic nitrogens is 1. The molecular formula is C32H47N5O6. The number of hydrogen-bond acceptors (Lipinski definition) is 7. The van der Waals surface area contributed by atoms with Crippen LogP contribution in [0.3, 0.4) is 0 Å². The van der Waals surface area contributed by atoms with Crippen molar-refractivity contribution in [2.24, 2.45) is 5.92 Å². The van der Waals surface area contributed by atoms with E-state index < -0.39 is 6.04 Å². The van der Waals surface area contributed by atoms with Gasteiger partial charge >= 0.3 is 6.03 Å². The molecule has 0 unspecified atom stereocenters. The third-order valence-electron chi connectivity index (χ3n) is 7.46. The van der Waals surface area contributed by atoms with E-state index >= 15 is 0 Å². The lowest BCUT2D eigenvalue weighted by molar-refractivity contribution is -0.0122. The van der Waals surface area contributed by atoms with E-state index in [1.54, 1.807) is 54.1 Å². The van der Waals surface area contributed by atoms with Crippen LogP contribution in [0, 0.1) is 5.92 Å². The molecule has 0 saturated carbocycles. The van der Waals surface area contributed by atoms with E-state index in [4.69, 9.17) is 9.47 Å². The van der Waals surface area contributed by atoms with Crippen molar-refractivity contribution in [3.63, 3.8) is 0 Å². The Morgan fingerprint density at radius 1 is 1.14 bits per heavy atom. The Kier molecular flexibility index (Phi) is 12.8. The first-order valence-electron chi connectivity index (χ1n) is 15.1. The molecule has 3 rings (SSSR count). The van der Waals surface area contributed by atoms with Crippen LogP contribution in [0.5, 0.6) is 5.75 Å². The number of benzene rings is 1. The quantitative estimate of drug-likeness (QED) is 0.436. The number of pyridine rings is 1. The molecule has 0 fully saturated rings. The number of fused-ring (bicyclic) bond motifs is 1. The number of hydrogen-bond donors (Lipinski definition) is 3. The van der Waals surface area contributed by atoms with Gasteiger partial charge in [0.1, 0.15) is 5.75 Å². The smallest absolute Gasteiger partial charge is 0.317 e. The maximum Gasteiger partial charge on any atom is 0.317 e. The summed E-state index contributed by atoms with van der Waals surface area (Å²) in [5, 5.41) is 15.9. The Balaban J connectivity index is 1.94. The van der Waals surface area contributed by atoms with E-state index in [1.807, 2.05) is 27.7 Å². The van der Waals surface area contributed by atoms with Gasteiger partial charge in [-0.2, -0.15) is 0 Å². The number of urea groups is 1. The van der Waals surface area contributed by atoms with Gasteiger partial charge in [-0.25, -0.2) is 4.79 Å². The number of nitrogens with zero attached hydrogens (tertiary/aromatic N) is 3. The fraction of sp³-hybridized carbons (Fsp3) is 0.562. The molecule has 0 spiro atoms. The highest BCUT2D eigenvalue weighted by Crippen LogP contribution is 2.28. The second-order valence-corrected chi connectivity index (χ2v) is 11.7. The summed E-state index contributed by atoms with van der Waals surface area (Å²) in [7, 11) is 1.73. The van der Waals surface area contributed by atoms with Crippen LogP contribution in [0.25, 0.3) is 0 Å². The zero-order valence-electron chi connectivity index (χ0n) is 26.2. The van der Waals surface area contributed by atoms with Crippen LogP contribution in [-0.2, 0) is 4.74 Å². The van der Waals surface area contributed by atoms with E-state index in [-0.39, 0.29) is 60.7 Å². The molecule has 2 heterocycles. The number of amides is 4. The van der Waals surface area contributed by atoms with E-state index in [1.165, 1.54) is 12.4 Å². The molecule has 1 aromatic carbocycles. The van der Waals surface area contributed by atoms with Gasteiger partial charge in [-0.3, -0.25) is 14.6 Å². The highest BCUT2D eigenvalue weighted by atomic mass is 16.5. The number of carbonyl (C=O) groups excluding carboxylic acids is 3. The van der Waals surface area contributed by atoms with Crippen LogP contribution >= 0.6 is 0 Å². The Bertz CT molecular complexity index is 1210. The summed E-state index contributed by atoms with van der Waals surface area (Å²) in [6.07, 6.45) is 5.01. The van der Waals surface area contributed by atoms with Crippen LogP contribution in [0.1, 0.15) is 74.6 Å². The molecule has 0 aliphatic carbocycles. The molecule has 1 aliphatic rings. The Hall–Kier alpha value is -3.70. The first kappa shape index (κ1) is 33.8. The zero-order valence-corrected chi connectivity index (χ0v) is 26.2. The van der Waals surface area contributed by atoms with Crippen molar-refractivity contribution in [2.75, 3.05) is 38.7 Å². The van der Waals surface area contributed by atoms with Crippen LogP contribution in [0.4, 0.5) is 10.5 Å². The minimum atomic E-state index is -0.509. The van der Waals surface area contributed by atoms with Crippen molar-refractivity contribution in [1.29, 1.82) is 0 Å². The number of carbonyl (C=O) groups is 3. The summed E-state index contributed by atoms with van der Waals surface area (Å²) < 4.78 is 12.6. The normalized spacial score (nSPS) is 20.8. The summed E-state index contributed by atoms with van der Waals surface area (Å²) in [5.41, 5.74) is 1.17. The summed E-state index contributed by atoms with van der Waals surface area (Å²) in [4.78, 5) is 46.9. The number of aliphatic hydroxyl groups excluding tert-OH is 1. The molecule has 11 nitrogen and oxygen atoms in total. The first-order chi connectivity index (χ1) is 20.5. The van der Waals surface area contributed by atoms with E-state index in [0.29, 0.717) is 30.2 Å². The van der Waals surface area contributed by atoms with Crippen molar-refractivity contribution >= 4 is 23.5 Å². The molecule has 2 aromatic rings. The zero-order chi connectivity index (χ0) is 31.5. The van der Waals surface area contributed by atoms with Crippen molar-refractivity contribution in [1.82, 2.24) is 20.1 Å². The number of rotatable bonds is 7. The fourth-order valence-corrected chi connectivity index (χ4v) is 4.88. The fourth-order valence-electron chi connectivity index (χ4n) is 4.88. The standard InChI is InChI=1S/C32H47N5O6/c1-21(2)34-32(41)36(6)19-29-22(3)18-37(23(4)20-38)31(40)27-17-26(35-30(39)25-12-14-33-15-13-25)10-11-28(27)43-24(5)9-7-8-16-42-29/h10-15,17,21-24,29,38H,7-9,16,18-20H2,1-6H3,(H,34,41)(H,35,39)/t22-,23+,24-,29-/m1/s1. The van der Waals surface area contributed by atoms with Gasteiger partial charge in [0, 0.05) is 62.3 Å². The Labute approximate surface area is 254 Å². The highest BCUT2D eigenvalue weighted by Gasteiger charge is 2.31. The average Bonchev–Trinajstić information content (AvgIpc) is 2.98. The van der Waals surface area contributed by atoms with Crippen LogP contribution in [0.2, 0.25) is 0 Å². The molecule has 11 heteroatoms. The monoisotopic (exact) mass is 597 g/mol. The van der Waals surface area contributed by atoms with Gasteiger partial charge in [-0.1, -0.05) is 6.92 Å². The molecule has 1 aromatic heterocycles. The third kappa shape index (κ3) is 9.93. The predicted octanol–water partition coefficient (Wildman–Crippen LogP) is 4.18. The van der Waals surface area contributed by atoms with Crippen molar-refractivity contribution in [2.45, 2.75) is 78.2 Å². The number of nitrogens with one attached hydrogen (secondary N) is 2. The number of ether oxygens (including phenoxy) is 2. The van der Waals surface area contributed by atoms with E-state index in [9.17, 15) is 19.5 Å². The predicted molar refractivity (Wildman–Crippen MR) is 165 cm³/mol. The van der Waals surface area contributed by atoms with Gasteiger partial charge in [-0.05, 0) is 77.3 Å². The van der Waals surface area contributed by atoms with E-state index in [0.717, 1.165) is 19.3 Å². The lowest BCUT2D eigenvalue weighted by Gasteiger charge is -2.36. The van der Waals surface area contributed by atoms with Crippen LogP contribution in [-0.4, -0.2) is 95.4 Å². The molecule has 0 saturated heterocycles. The lowest BCUT2D eigenvalue weighted by atomic mass is 10.0. The number of aliphatic hydroxyl groups is 1. The summed E-state index contributed by atoms with van der Waals surface area (Å²) in [6, 6.07) is 7.56. The largest absolute Gasteiger partial charge is 0.490 e. The minimum absolute atomic E-state index is 0.000505. The first-order valence-corrected chi connectivity index (χ1v) is 15.1. The molecule has 0 radical (unpaired) electrons. The average molecular weight is 598 g/mol. The van der Waals surface area contributed by atoms with Crippen LogP contribution < -0.4 is 15.4 Å². The van der Waals surface area contributed by atoms with E-state index in [2.05, 4.69) is 15.6 Å². The van der Waals surface area contributed by atoms with Gasteiger partial charge in [-0.15, -0.1) is 0 Å². The summed E-state index contributed by atoms with van der Waals surface area (Å²) >= 11 is 0. The molecule has 3 N–H and O–H groups in total. The summed E-state index contributed by atoms with van der Waals surface area (Å²) in [5.74, 6) is -0.424. The van der Waals surface area contributed by atoms with Crippen molar-refractivity contribution in [3.05, 3.63) is 53.9 Å². The minimum Gasteiger partial charge on any atom is -0.490 e. The Morgan fingerprint density at radius 2 is 1.86 bits per heavy atom. The number of anilines is 1. The molecular weight excluding hydrogens is 550 g/mol. The van der Waals surface area contributed by atoms with Gasteiger partial charge < -0.3 is 35.0 Å². The molecule has 4 atom stereocenters. The molecule has 236 valence electrons. The molecule has 1 aliphatic heterocycles. The van der Waals surface area contributed by atoms with Crippen LogP contribution in [0.15, 0.2) is 42.7 Å². The van der Waals surface area contributed by atoms with Crippen molar-refractivity contribution in [3.8, 4) is 5.75 Å².